The summed E-state index contributed by atoms with van der Waals surface area (Å²) in [4.78, 5) is 10.6. The molecule has 2 aromatic heterocycles. The highest BCUT2D eigenvalue weighted by molar-refractivity contribution is 5.97. The van der Waals surface area contributed by atoms with E-state index in [-0.39, 0.29) is 28.9 Å². The van der Waals surface area contributed by atoms with Gasteiger partial charge in [0.15, 0.2) is 0 Å². The smallest absolute Gasteiger partial charge is 0.149 e. The molecule has 0 aliphatic carbocycles. The number of nitrogens with zero attached hydrogens (tertiary/aromatic N) is 3. The van der Waals surface area contributed by atoms with Crippen LogP contribution in [-0.2, 0) is 5.41 Å². The molecular formula is C65H67N3O. The van der Waals surface area contributed by atoms with Crippen molar-refractivity contribution in [2.24, 2.45) is 0 Å². The minimum atomic E-state index is -0.790. The zero-order valence-electron chi connectivity index (χ0n) is 43.5. The molecule has 9 aromatic rings. The van der Waals surface area contributed by atoms with E-state index in [0.717, 1.165) is 83.6 Å². The van der Waals surface area contributed by atoms with Crippen LogP contribution < -0.4 is 0 Å². The third-order valence-electron chi connectivity index (χ3n) is 13.9. The van der Waals surface area contributed by atoms with E-state index < -0.39 is 5.89 Å². The molecule has 0 bridgehead atoms. The number of para-hydroxylation sites is 1. The number of fused-ring (bicyclic) bond motifs is 1. The number of hydrogen-bond acceptors (Lipinski definition) is 3. The molecule has 0 amide bonds. The van der Waals surface area contributed by atoms with Crippen LogP contribution >= 0.6 is 0 Å². The van der Waals surface area contributed by atoms with Crippen molar-refractivity contribution in [1.82, 2.24) is 14.5 Å². The summed E-state index contributed by atoms with van der Waals surface area (Å²) >= 11 is 0. The summed E-state index contributed by atoms with van der Waals surface area (Å²) in [5, 5.41) is 12.3. The molecule has 0 saturated heterocycles. The number of aromatic hydroxyl groups is 1. The topological polar surface area (TPSA) is 50.9 Å². The first-order valence-electron chi connectivity index (χ1n) is 25.2. The van der Waals surface area contributed by atoms with Gasteiger partial charge in [-0.1, -0.05) is 179 Å². The molecule has 7 aromatic carbocycles. The van der Waals surface area contributed by atoms with Crippen molar-refractivity contribution in [2.45, 2.75) is 112 Å². The molecule has 0 fully saturated rings. The molecule has 0 atom stereocenters. The second-order valence-corrected chi connectivity index (χ2v) is 21.1. The predicted molar refractivity (Wildman–Crippen MR) is 293 cm³/mol. The van der Waals surface area contributed by atoms with E-state index in [0.29, 0.717) is 11.4 Å². The Labute approximate surface area is 412 Å². The van der Waals surface area contributed by atoms with Crippen LogP contribution in [0.5, 0.6) is 5.75 Å². The summed E-state index contributed by atoms with van der Waals surface area (Å²) in [5.41, 5.74) is 20.7. The molecule has 4 heteroatoms. The average Bonchev–Trinajstić information content (AvgIpc) is 3.72. The number of phenols is 1. The van der Waals surface area contributed by atoms with Crippen LogP contribution in [0.15, 0.2) is 158 Å². The first-order chi connectivity index (χ1) is 33.3. The molecular weight excluding hydrogens is 839 g/mol. The summed E-state index contributed by atoms with van der Waals surface area (Å²) in [6.07, 6.45) is 1.92. The fraction of sp³-hybridized carbons (Fsp3) is 0.262. The largest absolute Gasteiger partial charge is 0.507 e. The molecule has 1 N–H and O–H groups in total. The minimum Gasteiger partial charge on any atom is -0.507 e. The fourth-order valence-corrected chi connectivity index (χ4v) is 9.85. The highest BCUT2D eigenvalue weighted by Gasteiger charge is 2.26. The minimum absolute atomic E-state index is 0.0997. The van der Waals surface area contributed by atoms with Gasteiger partial charge in [-0.25, -0.2) is 4.98 Å². The molecule has 0 aliphatic rings. The van der Waals surface area contributed by atoms with Gasteiger partial charge >= 0.3 is 0 Å². The average molecular weight is 907 g/mol. The van der Waals surface area contributed by atoms with Crippen LogP contribution in [0, 0.1) is 6.92 Å². The molecule has 2 heterocycles. The molecule has 4 nitrogen and oxygen atoms in total. The molecule has 9 rings (SSSR count). The Hall–Kier alpha value is -7.04. The quantitative estimate of drug-likeness (QED) is 0.141. The fourth-order valence-electron chi connectivity index (χ4n) is 9.85. The maximum atomic E-state index is 12.3. The first kappa shape index (κ1) is 45.7. The Morgan fingerprint density at radius 3 is 1.83 bits per heavy atom. The third kappa shape index (κ3) is 9.18. The molecule has 348 valence electrons. The van der Waals surface area contributed by atoms with Gasteiger partial charge in [0.25, 0.3) is 0 Å². The summed E-state index contributed by atoms with van der Waals surface area (Å²) in [5.74, 6) is 0.779. The van der Waals surface area contributed by atoms with Gasteiger partial charge in [-0.05, 0) is 157 Å². The zero-order chi connectivity index (χ0) is 49.8. The van der Waals surface area contributed by atoms with E-state index in [9.17, 15) is 6.48 Å². The lowest BCUT2D eigenvalue weighted by Gasteiger charge is -2.22. The number of imidazole rings is 1. The second-order valence-electron chi connectivity index (χ2n) is 21.1. The van der Waals surface area contributed by atoms with Crippen LogP contribution in [0.1, 0.15) is 135 Å². The van der Waals surface area contributed by atoms with E-state index in [1.165, 1.54) is 22.3 Å². The van der Waals surface area contributed by atoms with Gasteiger partial charge in [0.05, 0.1) is 28.0 Å². The summed E-state index contributed by atoms with van der Waals surface area (Å²) in [7, 11) is 0. The molecule has 0 spiro atoms. The van der Waals surface area contributed by atoms with E-state index in [2.05, 4.69) is 219 Å². The molecule has 0 saturated carbocycles. The summed E-state index contributed by atoms with van der Waals surface area (Å²) in [6.45, 7) is 26.0. The number of rotatable bonds is 11. The van der Waals surface area contributed by atoms with Crippen LogP contribution in [-0.4, -0.2) is 19.6 Å². The highest BCUT2D eigenvalue weighted by atomic mass is 16.3. The molecule has 69 heavy (non-hydrogen) atoms. The van der Waals surface area contributed by atoms with Gasteiger partial charge in [-0.15, -0.1) is 0 Å². The van der Waals surface area contributed by atoms with E-state index in [4.69, 9.17) is 9.97 Å². The monoisotopic (exact) mass is 907 g/mol. The third-order valence-corrected chi connectivity index (χ3v) is 13.9. The van der Waals surface area contributed by atoms with Gasteiger partial charge < -0.3 is 5.11 Å². The van der Waals surface area contributed by atoms with Crippen LogP contribution in [0.4, 0.5) is 0 Å². The SMILES string of the molecule is [2H]C(C)(C)c1cccc(C(C)C)c1-c1ccc(-n2c(-c3cc(C(C)C)cc(C(C)C)c3O)nc3c(-c4cc(-c5cc(-c6ccc(-c7ccccc7)cc6)ccn5)cc(C(C)(C)C)c4)cccc32)c(C)c1. The predicted octanol–water partition coefficient (Wildman–Crippen LogP) is 18.2. The standard InChI is InChI=1S/C65H67N3O/c1-39(2)49-36-56(42(7)8)63(69)57(37-49)64-67-62-55(22-17-23-60(62)68(64)59-29-28-48(32-43(59)9)61-53(40(3)4)20-16-21-54(61)41(5)6)50-33-51(35-52(34-50)65(10,11)12)58-38-47(30-31-66-58)46-26-24-45(25-27-46)44-18-14-13-15-19-44/h13-42,69H,1-12H3/i40D. The molecule has 0 aliphatic heterocycles. The van der Waals surface area contributed by atoms with Crippen molar-refractivity contribution in [3.05, 3.63) is 191 Å². The van der Waals surface area contributed by atoms with Crippen molar-refractivity contribution in [3.63, 3.8) is 0 Å². The summed E-state index contributed by atoms with van der Waals surface area (Å²) in [6, 6.07) is 54.3. The van der Waals surface area contributed by atoms with Crippen LogP contribution in [0.2, 0.25) is 0 Å². The Kier molecular flexibility index (Phi) is 12.5. The second kappa shape index (κ2) is 18.8. The Morgan fingerprint density at radius 1 is 0.536 bits per heavy atom. The zero-order valence-corrected chi connectivity index (χ0v) is 42.5. The number of aryl methyl sites for hydroxylation is 1. The van der Waals surface area contributed by atoms with Crippen molar-refractivity contribution in [3.8, 4) is 78.6 Å². The van der Waals surface area contributed by atoms with E-state index >= 15 is 0 Å². The Morgan fingerprint density at radius 2 is 1.17 bits per heavy atom. The van der Waals surface area contributed by atoms with Crippen molar-refractivity contribution in [1.29, 1.82) is 0 Å². The number of hydrogen-bond donors (Lipinski definition) is 1. The number of pyridine rings is 1. The Balaban J connectivity index is 1.25. The lowest BCUT2D eigenvalue weighted by atomic mass is 9.83. The van der Waals surface area contributed by atoms with Crippen LogP contribution in [0.3, 0.4) is 0 Å². The van der Waals surface area contributed by atoms with Crippen LogP contribution in [0.25, 0.3) is 83.9 Å². The Bertz CT molecular complexity index is 3380. The number of aromatic nitrogens is 3. The van der Waals surface area contributed by atoms with Gasteiger partial charge in [0.2, 0.25) is 0 Å². The highest BCUT2D eigenvalue weighted by Crippen LogP contribution is 2.45. The van der Waals surface area contributed by atoms with Crippen molar-refractivity contribution in [2.75, 3.05) is 0 Å². The normalized spacial score (nSPS) is 12.4. The van der Waals surface area contributed by atoms with Gasteiger partial charge in [0, 0.05) is 18.7 Å². The first-order valence-corrected chi connectivity index (χ1v) is 24.7. The lowest BCUT2D eigenvalue weighted by molar-refractivity contribution is 0.466. The van der Waals surface area contributed by atoms with Gasteiger partial charge in [-0.3, -0.25) is 9.55 Å². The number of phenolic OH excluding ortho intramolecular Hbond substituents is 1. The van der Waals surface area contributed by atoms with E-state index in [1.54, 1.807) is 0 Å². The summed E-state index contributed by atoms with van der Waals surface area (Å²) < 4.78 is 11.4. The van der Waals surface area contributed by atoms with E-state index in [1.807, 2.05) is 26.1 Å². The maximum absolute atomic E-state index is 12.3. The maximum Gasteiger partial charge on any atom is 0.149 e. The van der Waals surface area contributed by atoms with Gasteiger partial charge in [0.1, 0.15) is 11.6 Å². The lowest BCUT2D eigenvalue weighted by Crippen LogP contribution is -2.11. The van der Waals surface area contributed by atoms with Gasteiger partial charge in [-0.2, -0.15) is 0 Å². The van der Waals surface area contributed by atoms with Crippen molar-refractivity contribution < 1.29 is 6.48 Å². The molecule has 0 radical (unpaired) electrons. The van der Waals surface area contributed by atoms with Crippen molar-refractivity contribution >= 4 is 11.0 Å². The molecule has 0 unspecified atom stereocenters. The number of benzene rings is 7.